The van der Waals surface area contributed by atoms with Crippen molar-refractivity contribution in [3.63, 3.8) is 0 Å². The van der Waals surface area contributed by atoms with E-state index >= 15 is 0 Å². The minimum Gasteiger partial charge on any atom is -0.466 e. The van der Waals surface area contributed by atoms with E-state index < -0.39 is 5.41 Å². The fraction of sp³-hybridized carbons (Fsp3) is 0.571. The van der Waals surface area contributed by atoms with Crippen LogP contribution in [0.4, 0.5) is 0 Å². The topological polar surface area (TPSA) is 66.9 Å². The Hall–Kier alpha value is -2.08. The van der Waals surface area contributed by atoms with Crippen LogP contribution in [-0.4, -0.2) is 60.4 Å². The molecule has 0 aliphatic carbocycles. The van der Waals surface area contributed by atoms with Crippen molar-refractivity contribution in [3.8, 4) is 0 Å². The van der Waals surface area contributed by atoms with E-state index in [1.54, 1.807) is 22.8 Å². The minimum atomic E-state index is -0.788. The Labute approximate surface area is 170 Å². The van der Waals surface area contributed by atoms with Crippen LogP contribution >= 0.6 is 11.6 Å². The van der Waals surface area contributed by atoms with Gasteiger partial charge in [-0.25, -0.2) is 0 Å². The number of likely N-dealkylation sites (tertiary alicyclic amines) is 2. The molecule has 0 radical (unpaired) electrons. The summed E-state index contributed by atoms with van der Waals surface area (Å²) in [5.41, 5.74) is 0.161. The normalized spacial score (nSPS) is 22.4. The zero-order valence-corrected chi connectivity index (χ0v) is 17.0. The summed E-state index contributed by atoms with van der Waals surface area (Å²) in [6.45, 7) is 3.71. The lowest BCUT2D eigenvalue weighted by Gasteiger charge is -2.41. The number of hydrogen-bond acceptors (Lipinski definition) is 4. The number of halogens is 1. The lowest BCUT2D eigenvalue weighted by molar-refractivity contribution is -0.161. The minimum absolute atomic E-state index is 0.0287. The van der Waals surface area contributed by atoms with Gasteiger partial charge in [-0.15, -0.1) is 0 Å². The van der Waals surface area contributed by atoms with E-state index in [4.69, 9.17) is 16.3 Å². The van der Waals surface area contributed by atoms with Crippen molar-refractivity contribution in [2.75, 3.05) is 32.8 Å². The lowest BCUT2D eigenvalue weighted by atomic mass is 9.75. The standard InChI is InChI=1S/C21H27ClN2O4/c1-2-28-20(27)21(13-16-6-3-7-17(22)12-16)9-5-11-24(15-21)19(26)14-23-10-4-8-18(23)25/h3,6-7,12H,2,4-5,8-11,13-15H2,1H3/t21-/m1/s1. The van der Waals surface area contributed by atoms with Crippen molar-refractivity contribution >= 4 is 29.4 Å². The zero-order valence-electron chi connectivity index (χ0n) is 16.3. The van der Waals surface area contributed by atoms with E-state index in [1.165, 1.54) is 0 Å². The predicted molar refractivity (Wildman–Crippen MR) is 106 cm³/mol. The number of rotatable bonds is 6. The van der Waals surface area contributed by atoms with Crippen molar-refractivity contribution in [1.29, 1.82) is 0 Å². The van der Waals surface area contributed by atoms with Gasteiger partial charge in [0.25, 0.3) is 0 Å². The second kappa shape index (κ2) is 8.95. The molecule has 2 aliphatic heterocycles. The highest BCUT2D eigenvalue weighted by Crippen LogP contribution is 2.36. The van der Waals surface area contributed by atoms with Gasteiger partial charge in [0.2, 0.25) is 11.8 Å². The first kappa shape index (κ1) is 20.6. The summed E-state index contributed by atoms with van der Waals surface area (Å²) >= 11 is 6.12. The average molecular weight is 407 g/mol. The van der Waals surface area contributed by atoms with Crippen molar-refractivity contribution < 1.29 is 19.1 Å². The summed E-state index contributed by atoms with van der Waals surface area (Å²) in [6.07, 6.45) is 3.16. The molecular weight excluding hydrogens is 380 g/mol. The number of hydrogen-bond donors (Lipinski definition) is 0. The highest BCUT2D eigenvalue weighted by Gasteiger charge is 2.45. The molecule has 0 saturated carbocycles. The van der Waals surface area contributed by atoms with Gasteiger partial charge >= 0.3 is 5.97 Å². The highest BCUT2D eigenvalue weighted by atomic mass is 35.5. The molecule has 2 amide bonds. The summed E-state index contributed by atoms with van der Waals surface area (Å²) in [5, 5.41) is 0.618. The zero-order chi connectivity index (χ0) is 20.1. The van der Waals surface area contributed by atoms with Crippen molar-refractivity contribution in [1.82, 2.24) is 9.80 Å². The highest BCUT2D eigenvalue weighted by molar-refractivity contribution is 6.30. The summed E-state index contributed by atoms with van der Waals surface area (Å²) in [4.78, 5) is 40.9. The van der Waals surface area contributed by atoms with Crippen LogP contribution in [-0.2, 0) is 25.5 Å². The lowest BCUT2D eigenvalue weighted by Crippen LogP contribution is -2.53. The first-order valence-corrected chi connectivity index (χ1v) is 10.3. The van der Waals surface area contributed by atoms with Gasteiger partial charge in [-0.05, 0) is 50.3 Å². The van der Waals surface area contributed by atoms with Crippen LogP contribution in [0.5, 0.6) is 0 Å². The number of carbonyl (C=O) groups excluding carboxylic acids is 3. The summed E-state index contributed by atoms with van der Waals surface area (Å²) in [7, 11) is 0. The third-order valence-electron chi connectivity index (χ3n) is 5.57. The van der Waals surface area contributed by atoms with E-state index in [2.05, 4.69) is 0 Å². The monoisotopic (exact) mass is 406 g/mol. The Balaban J connectivity index is 1.77. The Kier molecular flexibility index (Phi) is 6.60. The van der Waals surface area contributed by atoms with Crippen LogP contribution in [0.25, 0.3) is 0 Å². The second-order valence-corrected chi connectivity index (χ2v) is 8.08. The van der Waals surface area contributed by atoms with Gasteiger partial charge in [0.15, 0.2) is 0 Å². The smallest absolute Gasteiger partial charge is 0.314 e. The molecule has 0 bridgehead atoms. The van der Waals surface area contributed by atoms with Gasteiger partial charge in [-0.1, -0.05) is 23.7 Å². The van der Waals surface area contributed by atoms with Crippen LogP contribution < -0.4 is 0 Å². The van der Waals surface area contributed by atoms with Gasteiger partial charge < -0.3 is 14.5 Å². The first-order chi connectivity index (χ1) is 13.4. The molecule has 0 unspecified atom stereocenters. The molecule has 7 heteroatoms. The van der Waals surface area contributed by atoms with E-state index in [1.807, 2.05) is 18.2 Å². The van der Waals surface area contributed by atoms with E-state index in [9.17, 15) is 14.4 Å². The van der Waals surface area contributed by atoms with Crippen LogP contribution in [0.15, 0.2) is 24.3 Å². The van der Waals surface area contributed by atoms with Crippen LogP contribution in [0, 0.1) is 5.41 Å². The van der Waals surface area contributed by atoms with Crippen molar-refractivity contribution in [2.24, 2.45) is 5.41 Å². The largest absolute Gasteiger partial charge is 0.466 e. The molecule has 0 spiro atoms. The molecule has 1 atom stereocenters. The fourth-order valence-electron chi connectivity index (χ4n) is 4.18. The molecule has 1 aromatic carbocycles. The van der Waals surface area contributed by atoms with Crippen LogP contribution in [0.1, 0.15) is 38.2 Å². The number of carbonyl (C=O) groups is 3. The fourth-order valence-corrected chi connectivity index (χ4v) is 4.40. The molecule has 3 rings (SSSR count). The quantitative estimate of drug-likeness (QED) is 0.681. The maximum absolute atomic E-state index is 12.9. The van der Waals surface area contributed by atoms with Crippen LogP contribution in [0.3, 0.4) is 0 Å². The summed E-state index contributed by atoms with van der Waals surface area (Å²) in [6, 6.07) is 7.45. The van der Waals surface area contributed by atoms with E-state index in [0.717, 1.165) is 18.4 Å². The number of nitrogens with zero attached hydrogens (tertiary/aromatic N) is 2. The van der Waals surface area contributed by atoms with Gasteiger partial charge in [0.05, 0.1) is 18.6 Å². The molecular formula is C21H27ClN2O4. The molecule has 0 aromatic heterocycles. The molecule has 152 valence electrons. The van der Waals surface area contributed by atoms with Gasteiger partial charge in [-0.2, -0.15) is 0 Å². The van der Waals surface area contributed by atoms with Gasteiger partial charge in [0, 0.05) is 31.1 Å². The number of benzene rings is 1. The molecule has 2 aliphatic rings. The maximum Gasteiger partial charge on any atom is 0.314 e. The maximum atomic E-state index is 12.9. The third-order valence-corrected chi connectivity index (χ3v) is 5.80. The first-order valence-electron chi connectivity index (χ1n) is 9.91. The molecule has 2 heterocycles. The molecule has 0 N–H and O–H groups in total. The SMILES string of the molecule is CCOC(=O)[C@@]1(Cc2cccc(Cl)c2)CCCN(C(=O)CN2CCCC2=O)C1. The van der Waals surface area contributed by atoms with Gasteiger partial charge in [0.1, 0.15) is 0 Å². The van der Waals surface area contributed by atoms with Crippen molar-refractivity contribution in [3.05, 3.63) is 34.9 Å². The van der Waals surface area contributed by atoms with Crippen LogP contribution in [0.2, 0.25) is 5.02 Å². The Morgan fingerprint density at radius 3 is 2.75 bits per heavy atom. The Morgan fingerprint density at radius 2 is 2.07 bits per heavy atom. The Bertz CT molecular complexity index is 754. The number of esters is 1. The number of amides is 2. The summed E-state index contributed by atoms with van der Waals surface area (Å²) < 4.78 is 5.39. The molecule has 28 heavy (non-hydrogen) atoms. The number of piperidine rings is 1. The molecule has 1 aromatic rings. The van der Waals surface area contributed by atoms with E-state index in [0.29, 0.717) is 50.5 Å². The van der Waals surface area contributed by atoms with Gasteiger partial charge in [-0.3, -0.25) is 14.4 Å². The summed E-state index contributed by atoms with van der Waals surface area (Å²) in [5.74, 6) is -0.347. The Morgan fingerprint density at radius 1 is 1.25 bits per heavy atom. The number of ether oxygens (including phenoxy) is 1. The second-order valence-electron chi connectivity index (χ2n) is 7.65. The molecule has 2 saturated heterocycles. The predicted octanol–water partition coefficient (Wildman–Crippen LogP) is 2.68. The van der Waals surface area contributed by atoms with Crippen molar-refractivity contribution in [2.45, 2.75) is 39.0 Å². The third kappa shape index (κ3) is 4.66. The molecule has 6 nitrogen and oxygen atoms in total. The average Bonchev–Trinajstić information content (AvgIpc) is 3.06. The molecule has 2 fully saturated rings. The van der Waals surface area contributed by atoms with E-state index in [-0.39, 0.29) is 24.3 Å².